The fraction of sp³-hybridized carbons (Fsp3) is 0.500. The lowest BCUT2D eigenvalue weighted by Crippen LogP contribution is -2.35. The van der Waals surface area contributed by atoms with Gasteiger partial charge in [-0.1, -0.05) is 6.92 Å². The quantitative estimate of drug-likeness (QED) is 0.719. The van der Waals surface area contributed by atoms with Gasteiger partial charge in [-0.15, -0.1) is 0 Å². The Labute approximate surface area is 87.5 Å². The summed E-state index contributed by atoms with van der Waals surface area (Å²) >= 11 is 0. The van der Waals surface area contributed by atoms with Gasteiger partial charge < -0.3 is 4.90 Å². The van der Waals surface area contributed by atoms with Crippen molar-refractivity contribution < 1.29 is 9.59 Å². The summed E-state index contributed by atoms with van der Waals surface area (Å²) in [5.41, 5.74) is 2.34. The molecule has 80 valence electrons. The highest BCUT2D eigenvalue weighted by molar-refractivity contribution is 5.77. The molecule has 0 unspecified atom stereocenters. The minimum atomic E-state index is 0.142. The predicted molar refractivity (Wildman–Crippen MR) is 53.4 cm³/mol. The number of carbonyl (C=O) groups excluding carboxylic acids is 2. The maximum Gasteiger partial charge on any atom is 0.222 e. The first-order chi connectivity index (χ1) is 7.26. The number of amides is 1. The molecular weight excluding hydrogens is 194 g/mol. The van der Waals surface area contributed by atoms with Crippen LogP contribution in [0.25, 0.3) is 0 Å². The number of hydrogen-bond acceptors (Lipinski definition) is 3. The Morgan fingerprint density at radius 2 is 2.47 bits per heavy atom. The second-order valence-electron chi connectivity index (χ2n) is 3.60. The van der Waals surface area contributed by atoms with Crippen molar-refractivity contribution in [2.24, 2.45) is 0 Å². The van der Waals surface area contributed by atoms with Crippen molar-refractivity contribution in [3.05, 3.63) is 17.0 Å². The molecule has 0 aromatic carbocycles. The molecule has 0 fully saturated rings. The molecule has 1 aliphatic heterocycles. The lowest BCUT2D eigenvalue weighted by Gasteiger charge is -2.26. The molecule has 1 aromatic rings. The van der Waals surface area contributed by atoms with Gasteiger partial charge in [0.15, 0.2) is 6.29 Å². The van der Waals surface area contributed by atoms with Crippen molar-refractivity contribution in [2.75, 3.05) is 6.54 Å². The summed E-state index contributed by atoms with van der Waals surface area (Å²) in [5, 5.41) is 6.72. The summed E-state index contributed by atoms with van der Waals surface area (Å²) in [6.45, 7) is 3.07. The van der Waals surface area contributed by atoms with E-state index in [0.717, 1.165) is 17.5 Å². The number of nitrogens with one attached hydrogen (secondary N) is 1. The van der Waals surface area contributed by atoms with Crippen LogP contribution >= 0.6 is 0 Å². The third kappa shape index (κ3) is 1.65. The van der Waals surface area contributed by atoms with Crippen LogP contribution in [-0.2, 0) is 17.8 Å². The van der Waals surface area contributed by atoms with Crippen LogP contribution in [0, 0.1) is 0 Å². The molecule has 1 aliphatic rings. The van der Waals surface area contributed by atoms with E-state index >= 15 is 0 Å². The first-order valence-corrected chi connectivity index (χ1v) is 5.05. The van der Waals surface area contributed by atoms with Crippen molar-refractivity contribution in [3.63, 3.8) is 0 Å². The van der Waals surface area contributed by atoms with E-state index in [1.165, 1.54) is 0 Å². The molecular formula is C10H13N3O2. The van der Waals surface area contributed by atoms with Gasteiger partial charge in [-0.25, -0.2) is 0 Å². The number of aromatic nitrogens is 2. The first-order valence-electron chi connectivity index (χ1n) is 5.05. The van der Waals surface area contributed by atoms with Crippen molar-refractivity contribution in [3.8, 4) is 0 Å². The van der Waals surface area contributed by atoms with Crippen LogP contribution in [0.1, 0.15) is 35.1 Å². The first kappa shape index (κ1) is 9.89. The van der Waals surface area contributed by atoms with Gasteiger partial charge in [-0.05, 0) is 6.42 Å². The average molecular weight is 207 g/mol. The Bertz CT molecular complexity index is 397. The molecule has 15 heavy (non-hydrogen) atoms. The fourth-order valence-corrected chi connectivity index (χ4v) is 1.88. The molecule has 5 heteroatoms. The average Bonchev–Trinajstić information content (AvgIpc) is 2.69. The Morgan fingerprint density at radius 3 is 3.13 bits per heavy atom. The van der Waals surface area contributed by atoms with Gasteiger partial charge in [0.25, 0.3) is 0 Å². The standard InChI is InChI=1S/C10H13N3O2/c1-2-10(15)13-4-3-7-8(5-13)11-12-9(7)6-14/h6H,2-5H2,1H3,(H,11,12). The monoisotopic (exact) mass is 207 g/mol. The minimum absolute atomic E-state index is 0.142. The zero-order valence-corrected chi connectivity index (χ0v) is 8.62. The van der Waals surface area contributed by atoms with Crippen LogP contribution < -0.4 is 0 Å². The SMILES string of the molecule is CCC(=O)N1CCc2c(C=O)n[nH]c2C1. The highest BCUT2D eigenvalue weighted by Crippen LogP contribution is 2.19. The second-order valence-corrected chi connectivity index (χ2v) is 3.60. The molecule has 1 aromatic heterocycles. The molecule has 0 spiro atoms. The molecule has 0 saturated heterocycles. The molecule has 1 amide bonds. The second kappa shape index (κ2) is 3.84. The fourth-order valence-electron chi connectivity index (χ4n) is 1.88. The lowest BCUT2D eigenvalue weighted by molar-refractivity contribution is -0.131. The van der Waals surface area contributed by atoms with Crippen molar-refractivity contribution in [2.45, 2.75) is 26.3 Å². The highest BCUT2D eigenvalue weighted by atomic mass is 16.2. The highest BCUT2D eigenvalue weighted by Gasteiger charge is 2.23. The van der Waals surface area contributed by atoms with Crippen LogP contribution in [0.15, 0.2) is 0 Å². The number of hydrogen-bond donors (Lipinski definition) is 1. The zero-order chi connectivity index (χ0) is 10.8. The Kier molecular flexibility index (Phi) is 2.53. The van der Waals surface area contributed by atoms with E-state index in [1.807, 2.05) is 6.92 Å². The maximum absolute atomic E-state index is 11.5. The minimum Gasteiger partial charge on any atom is -0.336 e. The number of nitrogens with zero attached hydrogens (tertiary/aromatic N) is 2. The normalized spacial score (nSPS) is 14.9. The molecule has 1 N–H and O–H groups in total. The summed E-state index contributed by atoms with van der Waals surface area (Å²) in [4.78, 5) is 23.9. The number of fused-ring (bicyclic) bond motifs is 1. The summed E-state index contributed by atoms with van der Waals surface area (Å²) in [7, 11) is 0. The third-order valence-corrected chi connectivity index (χ3v) is 2.73. The van der Waals surface area contributed by atoms with Crippen LogP contribution in [0.3, 0.4) is 0 Å². The van der Waals surface area contributed by atoms with E-state index in [4.69, 9.17) is 0 Å². The number of aromatic amines is 1. The zero-order valence-electron chi connectivity index (χ0n) is 8.62. The summed E-state index contributed by atoms with van der Waals surface area (Å²) < 4.78 is 0. The third-order valence-electron chi connectivity index (χ3n) is 2.73. The van der Waals surface area contributed by atoms with Gasteiger partial charge in [0.1, 0.15) is 5.69 Å². The summed E-state index contributed by atoms with van der Waals surface area (Å²) in [6.07, 6.45) is 1.99. The van der Waals surface area contributed by atoms with E-state index in [-0.39, 0.29) is 5.91 Å². The van der Waals surface area contributed by atoms with Crippen LogP contribution in [0.5, 0.6) is 0 Å². The number of carbonyl (C=O) groups is 2. The van der Waals surface area contributed by atoms with Gasteiger partial charge >= 0.3 is 0 Å². The number of aldehydes is 1. The van der Waals surface area contributed by atoms with Gasteiger partial charge in [0.05, 0.1) is 12.2 Å². The number of rotatable bonds is 2. The summed E-state index contributed by atoms with van der Waals surface area (Å²) in [6, 6.07) is 0. The van der Waals surface area contributed by atoms with Gasteiger partial charge in [-0.2, -0.15) is 5.10 Å². The molecule has 5 nitrogen and oxygen atoms in total. The van der Waals surface area contributed by atoms with E-state index in [0.29, 0.717) is 31.6 Å². The molecule has 0 atom stereocenters. The van der Waals surface area contributed by atoms with Crippen LogP contribution in [-0.4, -0.2) is 33.8 Å². The maximum atomic E-state index is 11.5. The van der Waals surface area contributed by atoms with E-state index in [1.54, 1.807) is 4.90 Å². The number of H-pyrrole nitrogens is 1. The summed E-state index contributed by atoms with van der Waals surface area (Å²) in [5.74, 6) is 0.142. The Balaban J connectivity index is 2.21. The molecule has 0 saturated carbocycles. The van der Waals surface area contributed by atoms with E-state index in [2.05, 4.69) is 10.2 Å². The Hall–Kier alpha value is -1.65. The molecule has 2 rings (SSSR count). The molecule has 2 heterocycles. The molecule has 0 bridgehead atoms. The van der Waals surface area contributed by atoms with Crippen molar-refractivity contribution in [1.82, 2.24) is 15.1 Å². The topological polar surface area (TPSA) is 66.1 Å². The smallest absolute Gasteiger partial charge is 0.222 e. The van der Waals surface area contributed by atoms with E-state index < -0.39 is 0 Å². The van der Waals surface area contributed by atoms with Gasteiger partial charge in [0.2, 0.25) is 5.91 Å². The van der Waals surface area contributed by atoms with Crippen LogP contribution in [0.2, 0.25) is 0 Å². The largest absolute Gasteiger partial charge is 0.336 e. The Morgan fingerprint density at radius 1 is 1.67 bits per heavy atom. The molecule has 0 radical (unpaired) electrons. The van der Waals surface area contributed by atoms with Crippen molar-refractivity contribution >= 4 is 12.2 Å². The molecule has 0 aliphatic carbocycles. The van der Waals surface area contributed by atoms with Crippen LogP contribution in [0.4, 0.5) is 0 Å². The van der Waals surface area contributed by atoms with Crippen molar-refractivity contribution in [1.29, 1.82) is 0 Å². The predicted octanol–water partition coefficient (Wildman–Crippen LogP) is 0.517. The van der Waals surface area contributed by atoms with Gasteiger partial charge in [0, 0.05) is 18.5 Å². The lowest BCUT2D eigenvalue weighted by atomic mass is 10.0. The van der Waals surface area contributed by atoms with E-state index in [9.17, 15) is 9.59 Å². The van der Waals surface area contributed by atoms with Gasteiger partial charge in [-0.3, -0.25) is 14.7 Å².